The summed E-state index contributed by atoms with van der Waals surface area (Å²) < 4.78 is 11.5. The van der Waals surface area contributed by atoms with E-state index in [0.717, 1.165) is 3.57 Å². The van der Waals surface area contributed by atoms with Crippen LogP contribution in [0.25, 0.3) is 0 Å². The molecule has 0 atom stereocenters. The Hall–Kier alpha value is -1.82. The van der Waals surface area contributed by atoms with E-state index in [0.29, 0.717) is 40.1 Å². The Labute approximate surface area is 202 Å². The summed E-state index contributed by atoms with van der Waals surface area (Å²) in [6.45, 7) is 0.293. The molecule has 0 radical (unpaired) electrons. The summed E-state index contributed by atoms with van der Waals surface area (Å²) >= 11 is 18.9. The molecule has 2 amide bonds. The van der Waals surface area contributed by atoms with Gasteiger partial charge >= 0.3 is 0 Å². The molecule has 160 valence electrons. The molecule has 30 heavy (non-hydrogen) atoms. The van der Waals surface area contributed by atoms with Gasteiger partial charge in [-0.05, 0) is 77.6 Å². The Balaban J connectivity index is 1.68. The van der Waals surface area contributed by atoms with Crippen LogP contribution in [0.4, 0.5) is 0 Å². The molecule has 0 saturated carbocycles. The van der Waals surface area contributed by atoms with Gasteiger partial charge in [0.05, 0.1) is 22.3 Å². The number of halogens is 3. The number of rotatable bonds is 7. The number of carbonyl (C=O) groups is 2. The third-order valence-electron chi connectivity index (χ3n) is 3.66. The average molecular weight is 582 g/mol. The highest BCUT2D eigenvalue weighted by Gasteiger charge is 2.10. The highest BCUT2D eigenvalue weighted by molar-refractivity contribution is 14.1. The van der Waals surface area contributed by atoms with Gasteiger partial charge in [-0.3, -0.25) is 20.4 Å². The van der Waals surface area contributed by atoms with Gasteiger partial charge in [0.25, 0.3) is 5.91 Å². The Bertz CT molecular complexity index is 946. The van der Waals surface area contributed by atoms with Gasteiger partial charge in [-0.2, -0.15) is 0 Å². The van der Waals surface area contributed by atoms with E-state index in [2.05, 4.69) is 38.8 Å². The number of hydrazine groups is 1. The quantitative estimate of drug-likeness (QED) is 0.197. The lowest BCUT2D eigenvalue weighted by Crippen LogP contribution is -2.48. The zero-order valence-electron chi connectivity index (χ0n) is 15.8. The van der Waals surface area contributed by atoms with E-state index in [-0.39, 0.29) is 17.4 Å². The maximum atomic E-state index is 12.2. The van der Waals surface area contributed by atoms with Crippen molar-refractivity contribution in [2.45, 2.75) is 12.8 Å². The minimum atomic E-state index is -0.402. The second-order valence-electron chi connectivity index (χ2n) is 5.83. The largest absolute Gasteiger partial charge is 0.496 e. The third-order valence-corrected chi connectivity index (χ3v) is 5.23. The molecular formula is C19H18Cl2IN3O4S. The van der Waals surface area contributed by atoms with Gasteiger partial charge in [0.1, 0.15) is 11.5 Å². The van der Waals surface area contributed by atoms with Crippen LogP contribution in [0.15, 0.2) is 36.4 Å². The number of ether oxygens (including phenoxy) is 2. The monoisotopic (exact) mass is 581 g/mol. The number of methoxy groups -OCH3 is 1. The van der Waals surface area contributed by atoms with Crippen LogP contribution >= 0.6 is 58.0 Å². The van der Waals surface area contributed by atoms with E-state index in [1.54, 1.807) is 43.5 Å². The third kappa shape index (κ3) is 7.78. The van der Waals surface area contributed by atoms with Crippen molar-refractivity contribution in [3.8, 4) is 11.5 Å². The van der Waals surface area contributed by atoms with Gasteiger partial charge in [0, 0.05) is 17.0 Å². The van der Waals surface area contributed by atoms with Gasteiger partial charge in [-0.15, -0.1) is 0 Å². The molecule has 0 fully saturated rings. The summed E-state index contributed by atoms with van der Waals surface area (Å²) in [6, 6.07) is 9.89. The maximum Gasteiger partial charge on any atom is 0.269 e. The molecule has 0 heterocycles. The zero-order chi connectivity index (χ0) is 22.1. The van der Waals surface area contributed by atoms with Crippen LogP contribution in [0.2, 0.25) is 10.0 Å². The highest BCUT2D eigenvalue weighted by Crippen LogP contribution is 2.27. The van der Waals surface area contributed by atoms with Gasteiger partial charge in [0.15, 0.2) is 5.11 Å². The first-order valence-electron chi connectivity index (χ1n) is 8.61. The van der Waals surface area contributed by atoms with Gasteiger partial charge in [0.2, 0.25) is 5.91 Å². The topological polar surface area (TPSA) is 88.7 Å². The summed E-state index contributed by atoms with van der Waals surface area (Å²) in [7, 11) is 1.55. The van der Waals surface area contributed by atoms with Crippen LogP contribution in [0, 0.1) is 3.57 Å². The van der Waals surface area contributed by atoms with E-state index in [1.165, 1.54) is 0 Å². The molecule has 0 aromatic heterocycles. The van der Waals surface area contributed by atoms with Crippen molar-refractivity contribution >= 4 is 74.9 Å². The molecule has 0 aliphatic carbocycles. The molecule has 2 aromatic rings. The van der Waals surface area contributed by atoms with Crippen LogP contribution in [-0.2, 0) is 4.79 Å². The number of hydrogen-bond donors (Lipinski definition) is 3. The van der Waals surface area contributed by atoms with Crippen molar-refractivity contribution in [2.24, 2.45) is 0 Å². The van der Waals surface area contributed by atoms with E-state index in [4.69, 9.17) is 44.9 Å². The lowest BCUT2D eigenvalue weighted by molar-refractivity contribution is -0.119. The van der Waals surface area contributed by atoms with Crippen LogP contribution in [-0.4, -0.2) is 30.6 Å². The summed E-state index contributed by atoms with van der Waals surface area (Å²) in [4.78, 5) is 24.1. The zero-order valence-corrected chi connectivity index (χ0v) is 20.2. The van der Waals surface area contributed by atoms with Gasteiger partial charge in [-0.1, -0.05) is 23.2 Å². The summed E-state index contributed by atoms with van der Waals surface area (Å²) in [5.41, 5.74) is 5.34. The predicted molar refractivity (Wildman–Crippen MR) is 128 cm³/mol. The first-order chi connectivity index (χ1) is 14.3. The second kappa shape index (κ2) is 12.1. The van der Waals surface area contributed by atoms with Crippen LogP contribution in [0.3, 0.4) is 0 Å². The molecule has 3 N–H and O–H groups in total. The Morgan fingerprint density at radius 2 is 1.83 bits per heavy atom. The number of thiocarbonyl (C=S) groups is 1. The Morgan fingerprint density at radius 3 is 2.50 bits per heavy atom. The minimum Gasteiger partial charge on any atom is -0.496 e. The molecule has 0 saturated heterocycles. The van der Waals surface area contributed by atoms with Crippen molar-refractivity contribution in [3.05, 3.63) is 55.6 Å². The lowest BCUT2D eigenvalue weighted by Gasteiger charge is -2.12. The summed E-state index contributed by atoms with van der Waals surface area (Å²) in [5.74, 6) is 0.451. The van der Waals surface area contributed by atoms with Crippen molar-refractivity contribution in [1.82, 2.24) is 16.2 Å². The molecule has 0 unspecified atom stereocenters. The molecule has 0 spiro atoms. The number of benzene rings is 2. The van der Waals surface area contributed by atoms with Crippen molar-refractivity contribution < 1.29 is 19.1 Å². The van der Waals surface area contributed by atoms with E-state index in [9.17, 15) is 9.59 Å². The summed E-state index contributed by atoms with van der Waals surface area (Å²) in [5, 5.41) is 3.38. The molecule has 0 bridgehead atoms. The first-order valence-corrected chi connectivity index (χ1v) is 10.9. The predicted octanol–water partition coefficient (Wildman–Crippen LogP) is 4.10. The SMILES string of the molecule is COc1ccc(C(=O)NNC(=S)NC(=O)CCCOc2ccc(Cl)cc2Cl)cc1I. The maximum absolute atomic E-state index is 12.2. The van der Waals surface area contributed by atoms with Crippen LogP contribution < -0.4 is 25.6 Å². The van der Waals surface area contributed by atoms with Crippen LogP contribution in [0.5, 0.6) is 11.5 Å². The smallest absolute Gasteiger partial charge is 0.269 e. The number of carbonyl (C=O) groups excluding carboxylic acids is 2. The normalized spacial score (nSPS) is 10.1. The molecule has 0 aliphatic heterocycles. The number of nitrogens with one attached hydrogen (secondary N) is 3. The van der Waals surface area contributed by atoms with E-state index < -0.39 is 5.91 Å². The van der Waals surface area contributed by atoms with Crippen molar-refractivity contribution in [3.63, 3.8) is 0 Å². The summed E-state index contributed by atoms with van der Waals surface area (Å²) in [6.07, 6.45) is 0.627. The first kappa shape index (κ1) is 24.4. The number of hydrogen-bond acceptors (Lipinski definition) is 5. The standard InChI is InChI=1S/C19H18Cl2IN3O4S/c1-28-16-6-4-11(9-14(16)22)18(27)24-25-19(30)23-17(26)3-2-8-29-15-7-5-12(20)10-13(15)21/h4-7,9-10H,2-3,8H2,1H3,(H,24,27)(H2,23,25,26,30). The molecule has 0 aliphatic rings. The minimum absolute atomic E-state index is 0.0155. The fourth-order valence-corrected chi connectivity index (χ4v) is 3.58. The average Bonchev–Trinajstić information content (AvgIpc) is 2.70. The van der Waals surface area contributed by atoms with Crippen molar-refractivity contribution in [2.75, 3.05) is 13.7 Å². The lowest BCUT2D eigenvalue weighted by atomic mass is 10.2. The molecule has 11 heteroatoms. The fraction of sp³-hybridized carbons (Fsp3) is 0.211. The van der Waals surface area contributed by atoms with Crippen LogP contribution in [0.1, 0.15) is 23.2 Å². The Morgan fingerprint density at radius 1 is 1.10 bits per heavy atom. The molecule has 2 rings (SSSR count). The Kier molecular flexibility index (Phi) is 9.89. The number of amides is 2. The van der Waals surface area contributed by atoms with E-state index in [1.807, 2.05) is 0 Å². The van der Waals surface area contributed by atoms with Gasteiger partial charge < -0.3 is 14.8 Å². The molecule has 2 aromatic carbocycles. The molecule has 7 nitrogen and oxygen atoms in total. The molecular weight excluding hydrogens is 564 g/mol. The van der Waals surface area contributed by atoms with Crippen molar-refractivity contribution in [1.29, 1.82) is 0 Å². The second-order valence-corrected chi connectivity index (χ2v) is 8.25. The highest BCUT2D eigenvalue weighted by atomic mass is 127. The van der Waals surface area contributed by atoms with E-state index >= 15 is 0 Å². The van der Waals surface area contributed by atoms with Gasteiger partial charge in [-0.25, -0.2) is 0 Å². The fourth-order valence-electron chi connectivity index (χ4n) is 2.22.